The summed E-state index contributed by atoms with van der Waals surface area (Å²) in [6, 6.07) is 5.27. The van der Waals surface area contributed by atoms with Crippen molar-refractivity contribution < 1.29 is 9.90 Å². The molecule has 0 spiro atoms. The molecule has 5 heteroatoms. The standard InChI is InChI=1S/C14H17N3O2/c1-10-7-12(3-4-13(10)14(18)19)15-6-5-11-8-16-17(2)9-11/h3-4,7-9,15H,5-6H2,1-2H3,(H,18,19). The van der Waals surface area contributed by atoms with Crippen LogP contribution in [-0.4, -0.2) is 27.4 Å². The highest BCUT2D eigenvalue weighted by Crippen LogP contribution is 2.15. The Labute approximate surface area is 111 Å². The van der Waals surface area contributed by atoms with E-state index in [2.05, 4.69) is 10.4 Å². The molecule has 0 radical (unpaired) electrons. The van der Waals surface area contributed by atoms with E-state index < -0.39 is 5.97 Å². The molecule has 0 fully saturated rings. The summed E-state index contributed by atoms with van der Waals surface area (Å²) in [5.41, 5.74) is 3.22. The van der Waals surface area contributed by atoms with E-state index in [1.807, 2.05) is 25.5 Å². The number of hydrogen-bond donors (Lipinski definition) is 2. The molecule has 19 heavy (non-hydrogen) atoms. The lowest BCUT2D eigenvalue weighted by Gasteiger charge is -2.08. The molecule has 5 nitrogen and oxygen atoms in total. The van der Waals surface area contributed by atoms with E-state index in [9.17, 15) is 4.79 Å². The minimum absolute atomic E-state index is 0.345. The van der Waals surface area contributed by atoms with Gasteiger partial charge in [-0.1, -0.05) is 0 Å². The van der Waals surface area contributed by atoms with Crippen LogP contribution in [0.1, 0.15) is 21.5 Å². The first-order valence-corrected chi connectivity index (χ1v) is 6.11. The smallest absolute Gasteiger partial charge is 0.335 e. The molecule has 1 aromatic heterocycles. The largest absolute Gasteiger partial charge is 0.478 e. The van der Waals surface area contributed by atoms with Gasteiger partial charge in [0.25, 0.3) is 0 Å². The maximum Gasteiger partial charge on any atom is 0.335 e. The molecule has 1 aromatic carbocycles. The van der Waals surface area contributed by atoms with E-state index in [1.54, 1.807) is 23.7 Å². The second-order valence-electron chi connectivity index (χ2n) is 4.53. The number of aryl methyl sites for hydroxylation is 2. The summed E-state index contributed by atoms with van der Waals surface area (Å²) < 4.78 is 1.78. The monoisotopic (exact) mass is 259 g/mol. The molecule has 0 saturated carbocycles. The summed E-state index contributed by atoms with van der Waals surface area (Å²) in [4.78, 5) is 10.9. The second kappa shape index (κ2) is 5.56. The average molecular weight is 259 g/mol. The molecule has 100 valence electrons. The Morgan fingerprint density at radius 3 is 2.84 bits per heavy atom. The molecule has 0 atom stereocenters. The zero-order chi connectivity index (χ0) is 13.8. The summed E-state index contributed by atoms with van der Waals surface area (Å²) in [5, 5.41) is 16.3. The highest BCUT2D eigenvalue weighted by molar-refractivity contribution is 5.89. The number of anilines is 1. The predicted octanol–water partition coefficient (Wildman–Crippen LogP) is 2.08. The van der Waals surface area contributed by atoms with E-state index in [4.69, 9.17) is 5.11 Å². The maximum absolute atomic E-state index is 10.9. The van der Waals surface area contributed by atoms with Gasteiger partial charge < -0.3 is 10.4 Å². The van der Waals surface area contributed by atoms with Gasteiger partial charge in [0.15, 0.2) is 0 Å². The van der Waals surface area contributed by atoms with E-state index in [0.29, 0.717) is 5.56 Å². The highest BCUT2D eigenvalue weighted by atomic mass is 16.4. The molecule has 2 N–H and O–H groups in total. The number of nitrogens with zero attached hydrogens (tertiary/aromatic N) is 2. The van der Waals surface area contributed by atoms with Crippen molar-refractivity contribution in [3.8, 4) is 0 Å². The van der Waals surface area contributed by atoms with Crippen LogP contribution >= 0.6 is 0 Å². The summed E-state index contributed by atoms with van der Waals surface area (Å²) >= 11 is 0. The Balaban J connectivity index is 1.93. The molecular formula is C14H17N3O2. The van der Waals surface area contributed by atoms with Gasteiger partial charge >= 0.3 is 5.97 Å². The predicted molar refractivity (Wildman–Crippen MR) is 73.5 cm³/mol. The van der Waals surface area contributed by atoms with Crippen LogP contribution in [0.15, 0.2) is 30.6 Å². The molecule has 0 amide bonds. The first-order chi connectivity index (χ1) is 9.06. The number of aromatic carboxylic acids is 1. The Hall–Kier alpha value is -2.30. The first kappa shape index (κ1) is 13.1. The Bertz CT molecular complexity index is 590. The third kappa shape index (κ3) is 3.34. The first-order valence-electron chi connectivity index (χ1n) is 6.11. The maximum atomic E-state index is 10.9. The third-order valence-electron chi connectivity index (χ3n) is 2.96. The van der Waals surface area contributed by atoms with Crippen LogP contribution in [0.2, 0.25) is 0 Å². The fourth-order valence-corrected chi connectivity index (χ4v) is 1.97. The lowest BCUT2D eigenvalue weighted by atomic mass is 10.1. The molecule has 0 saturated heterocycles. The fourth-order valence-electron chi connectivity index (χ4n) is 1.97. The average Bonchev–Trinajstić information content (AvgIpc) is 2.75. The van der Waals surface area contributed by atoms with Crippen LogP contribution in [0.3, 0.4) is 0 Å². The summed E-state index contributed by atoms with van der Waals surface area (Å²) in [6.07, 6.45) is 4.72. The molecule has 0 unspecified atom stereocenters. The number of aromatic nitrogens is 2. The fraction of sp³-hybridized carbons (Fsp3) is 0.286. The van der Waals surface area contributed by atoms with Crippen molar-refractivity contribution in [3.63, 3.8) is 0 Å². The number of carboxylic acids is 1. The minimum atomic E-state index is -0.889. The number of nitrogens with one attached hydrogen (secondary N) is 1. The lowest BCUT2D eigenvalue weighted by Crippen LogP contribution is -2.06. The van der Waals surface area contributed by atoms with Gasteiger partial charge in [-0.2, -0.15) is 5.10 Å². The molecule has 2 rings (SSSR count). The van der Waals surface area contributed by atoms with Crippen molar-refractivity contribution in [3.05, 3.63) is 47.3 Å². The van der Waals surface area contributed by atoms with Crippen LogP contribution in [0.5, 0.6) is 0 Å². The molecule has 0 aliphatic heterocycles. The van der Waals surface area contributed by atoms with Gasteiger partial charge in [-0.05, 0) is 42.7 Å². The van der Waals surface area contributed by atoms with Crippen molar-refractivity contribution in [1.29, 1.82) is 0 Å². The molecular weight excluding hydrogens is 242 g/mol. The Kier molecular flexibility index (Phi) is 3.85. The van der Waals surface area contributed by atoms with Crippen LogP contribution in [-0.2, 0) is 13.5 Å². The van der Waals surface area contributed by atoms with Crippen molar-refractivity contribution in [2.45, 2.75) is 13.3 Å². The summed E-state index contributed by atoms with van der Waals surface area (Å²) in [7, 11) is 1.89. The van der Waals surface area contributed by atoms with Crippen molar-refractivity contribution in [1.82, 2.24) is 9.78 Å². The molecule has 0 aliphatic carbocycles. The van der Waals surface area contributed by atoms with Crippen LogP contribution in [0.25, 0.3) is 0 Å². The quantitative estimate of drug-likeness (QED) is 0.862. The van der Waals surface area contributed by atoms with Gasteiger partial charge in [-0.25, -0.2) is 4.79 Å². The van der Waals surface area contributed by atoms with E-state index in [1.165, 1.54) is 5.56 Å². The van der Waals surface area contributed by atoms with Gasteiger partial charge in [-0.3, -0.25) is 4.68 Å². The number of rotatable bonds is 5. The SMILES string of the molecule is Cc1cc(NCCc2cnn(C)c2)ccc1C(=O)O. The Morgan fingerprint density at radius 1 is 1.47 bits per heavy atom. The lowest BCUT2D eigenvalue weighted by molar-refractivity contribution is 0.0696. The van der Waals surface area contributed by atoms with Crippen molar-refractivity contribution in [2.75, 3.05) is 11.9 Å². The summed E-state index contributed by atoms with van der Waals surface area (Å²) in [5.74, 6) is -0.889. The van der Waals surface area contributed by atoms with Crippen LogP contribution in [0, 0.1) is 6.92 Å². The van der Waals surface area contributed by atoms with Gasteiger partial charge in [0.1, 0.15) is 0 Å². The molecule has 2 aromatic rings. The molecule has 1 heterocycles. The second-order valence-corrected chi connectivity index (χ2v) is 4.53. The number of hydrogen-bond acceptors (Lipinski definition) is 3. The minimum Gasteiger partial charge on any atom is -0.478 e. The highest BCUT2D eigenvalue weighted by Gasteiger charge is 2.06. The van der Waals surface area contributed by atoms with Gasteiger partial charge in [-0.15, -0.1) is 0 Å². The zero-order valence-electron chi connectivity index (χ0n) is 11.1. The van der Waals surface area contributed by atoms with Crippen molar-refractivity contribution >= 4 is 11.7 Å². The normalized spacial score (nSPS) is 10.4. The molecule has 0 bridgehead atoms. The van der Waals surface area contributed by atoms with Gasteiger partial charge in [0.05, 0.1) is 11.8 Å². The number of benzene rings is 1. The topological polar surface area (TPSA) is 67.2 Å². The summed E-state index contributed by atoms with van der Waals surface area (Å²) in [6.45, 7) is 2.59. The van der Waals surface area contributed by atoms with Crippen LogP contribution < -0.4 is 5.32 Å². The van der Waals surface area contributed by atoms with Crippen molar-refractivity contribution in [2.24, 2.45) is 7.05 Å². The van der Waals surface area contributed by atoms with Gasteiger partial charge in [0.2, 0.25) is 0 Å². The number of carbonyl (C=O) groups is 1. The van der Waals surface area contributed by atoms with Crippen LogP contribution in [0.4, 0.5) is 5.69 Å². The van der Waals surface area contributed by atoms with Gasteiger partial charge in [0, 0.05) is 25.5 Å². The van der Waals surface area contributed by atoms with E-state index in [0.717, 1.165) is 24.2 Å². The number of carboxylic acid groups (broad SMARTS) is 1. The Morgan fingerprint density at radius 2 is 2.26 bits per heavy atom. The van der Waals surface area contributed by atoms with E-state index in [-0.39, 0.29) is 0 Å². The third-order valence-corrected chi connectivity index (χ3v) is 2.96. The zero-order valence-corrected chi connectivity index (χ0v) is 11.1. The molecule has 0 aliphatic rings. The van der Waals surface area contributed by atoms with E-state index >= 15 is 0 Å².